The van der Waals surface area contributed by atoms with E-state index in [1.54, 1.807) is 0 Å². The van der Waals surface area contributed by atoms with Crippen LogP contribution in [-0.2, 0) is 4.79 Å². The molecule has 2 heteroatoms. The topological polar surface area (TPSA) is 17.1 Å². The number of halogens is 1. The predicted molar refractivity (Wildman–Crippen MR) is 64.4 cm³/mol. The fraction of sp³-hybridized carbons (Fsp3) is 0.500. The van der Waals surface area contributed by atoms with E-state index in [1.807, 2.05) is 30.3 Å². The van der Waals surface area contributed by atoms with Crippen molar-refractivity contribution in [3.05, 3.63) is 35.9 Å². The zero-order chi connectivity index (χ0) is 11.1. The molecule has 0 aliphatic heterocycles. The number of Topliss-reactive ketones (excluding diaryl/α,β-unsaturated/α-hetero) is 1. The van der Waals surface area contributed by atoms with Crippen molar-refractivity contribution in [2.75, 3.05) is 0 Å². The second-order valence-corrected chi connectivity index (χ2v) is 5.40. The third-order valence-electron chi connectivity index (χ3n) is 4.08. The van der Waals surface area contributed by atoms with Crippen LogP contribution < -0.4 is 0 Å². The molecular formula is C14H15ClO. The fourth-order valence-corrected chi connectivity index (χ4v) is 3.49. The highest BCUT2D eigenvalue weighted by molar-refractivity contribution is 6.31. The molecule has 1 aromatic carbocycles. The minimum Gasteiger partial charge on any atom is -0.297 e. The molecule has 84 valence electrons. The van der Waals surface area contributed by atoms with Crippen LogP contribution in [0.4, 0.5) is 0 Å². The van der Waals surface area contributed by atoms with Crippen molar-refractivity contribution in [3.63, 3.8) is 0 Å². The number of alkyl halides is 1. The highest BCUT2D eigenvalue weighted by atomic mass is 35.5. The van der Waals surface area contributed by atoms with Gasteiger partial charge < -0.3 is 0 Å². The first kappa shape index (κ1) is 10.3. The monoisotopic (exact) mass is 234 g/mol. The van der Waals surface area contributed by atoms with E-state index in [-0.39, 0.29) is 11.7 Å². The molecule has 2 saturated carbocycles. The summed E-state index contributed by atoms with van der Waals surface area (Å²) in [7, 11) is 0. The van der Waals surface area contributed by atoms with Crippen LogP contribution in [0.1, 0.15) is 30.2 Å². The Balaban J connectivity index is 1.72. The van der Waals surface area contributed by atoms with Gasteiger partial charge in [0, 0.05) is 5.92 Å². The first-order chi connectivity index (χ1) is 7.79. The Morgan fingerprint density at radius 3 is 2.44 bits per heavy atom. The minimum absolute atomic E-state index is 0.252. The number of hydrogen-bond acceptors (Lipinski definition) is 1. The molecule has 3 atom stereocenters. The molecule has 0 radical (unpaired) electrons. The maximum atomic E-state index is 12.2. The highest BCUT2D eigenvalue weighted by Crippen LogP contribution is 2.59. The molecule has 2 aliphatic rings. The maximum absolute atomic E-state index is 12.2. The van der Waals surface area contributed by atoms with Gasteiger partial charge in [-0.2, -0.15) is 0 Å². The van der Waals surface area contributed by atoms with Crippen LogP contribution in [-0.4, -0.2) is 5.78 Å². The first-order valence-electron chi connectivity index (χ1n) is 6.02. The van der Waals surface area contributed by atoms with Crippen molar-refractivity contribution in [1.82, 2.24) is 0 Å². The Kier molecular flexibility index (Phi) is 2.51. The summed E-state index contributed by atoms with van der Waals surface area (Å²) in [4.78, 5) is 12.2. The van der Waals surface area contributed by atoms with Crippen LogP contribution in [0.3, 0.4) is 0 Å². The van der Waals surface area contributed by atoms with Crippen LogP contribution >= 0.6 is 11.6 Å². The highest BCUT2D eigenvalue weighted by Gasteiger charge is 2.57. The molecule has 0 heterocycles. The largest absolute Gasteiger partial charge is 0.297 e. The van der Waals surface area contributed by atoms with Crippen molar-refractivity contribution in [1.29, 1.82) is 0 Å². The molecule has 1 nitrogen and oxygen atoms in total. The van der Waals surface area contributed by atoms with Gasteiger partial charge in [0.1, 0.15) is 5.38 Å². The number of rotatable bonds is 3. The lowest BCUT2D eigenvalue weighted by Gasteiger charge is -2.09. The molecule has 0 spiro atoms. The normalized spacial score (nSPS) is 33.2. The van der Waals surface area contributed by atoms with Gasteiger partial charge in [-0.3, -0.25) is 4.79 Å². The lowest BCUT2D eigenvalue weighted by Crippen LogP contribution is -2.12. The number of fused-ring (bicyclic) bond motifs is 1. The van der Waals surface area contributed by atoms with Crippen molar-refractivity contribution in [3.8, 4) is 0 Å². The Bertz CT molecular complexity index is 390. The Morgan fingerprint density at radius 1 is 1.19 bits per heavy atom. The van der Waals surface area contributed by atoms with Gasteiger partial charge in [0.05, 0.1) is 0 Å². The van der Waals surface area contributed by atoms with E-state index in [0.29, 0.717) is 11.8 Å². The van der Waals surface area contributed by atoms with E-state index in [0.717, 1.165) is 5.56 Å². The summed E-state index contributed by atoms with van der Waals surface area (Å²) in [5.41, 5.74) is 0.944. The molecule has 16 heavy (non-hydrogen) atoms. The summed E-state index contributed by atoms with van der Waals surface area (Å²) in [6, 6.07) is 9.70. The smallest absolute Gasteiger partial charge is 0.158 e. The fourth-order valence-electron chi connectivity index (χ4n) is 3.20. The molecule has 0 bridgehead atoms. The summed E-state index contributed by atoms with van der Waals surface area (Å²) in [5.74, 6) is 1.86. The molecule has 3 rings (SSSR count). The van der Waals surface area contributed by atoms with Crippen molar-refractivity contribution in [2.45, 2.75) is 24.6 Å². The molecular weight excluding hydrogens is 220 g/mol. The van der Waals surface area contributed by atoms with Gasteiger partial charge in [-0.25, -0.2) is 0 Å². The molecule has 0 amide bonds. The molecule has 0 aromatic heterocycles. The average Bonchev–Trinajstić information content (AvgIpc) is 2.81. The predicted octanol–water partition coefficient (Wildman–Crippen LogP) is 3.58. The van der Waals surface area contributed by atoms with Gasteiger partial charge in [0.2, 0.25) is 0 Å². The molecule has 2 aliphatic carbocycles. The number of hydrogen-bond donors (Lipinski definition) is 0. The lowest BCUT2D eigenvalue weighted by molar-refractivity contribution is -0.120. The molecule has 1 aromatic rings. The van der Waals surface area contributed by atoms with E-state index in [4.69, 9.17) is 11.6 Å². The van der Waals surface area contributed by atoms with Crippen molar-refractivity contribution in [2.24, 2.45) is 17.8 Å². The van der Waals surface area contributed by atoms with Gasteiger partial charge in [0.25, 0.3) is 0 Å². The summed E-state index contributed by atoms with van der Waals surface area (Å²) in [6.07, 6.45) is 3.77. The molecule has 3 unspecified atom stereocenters. The van der Waals surface area contributed by atoms with Crippen LogP contribution in [0.15, 0.2) is 30.3 Å². The molecule has 0 saturated heterocycles. The number of carbonyl (C=O) groups is 1. The van der Waals surface area contributed by atoms with Gasteiger partial charge in [-0.1, -0.05) is 36.8 Å². The lowest BCUT2D eigenvalue weighted by atomic mass is 10.0. The maximum Gasteiger partial charge on any atom is 0.158 e. The summed E-state index contributed by atoms with van der Waals surface area (Å²) in [5, 5.41) is -0.434. The van der Waals surface area contributed by atoms with E-state index < -0.39 is 5.38 Å². The van der Waals surface area contributed by atoms with Crippen LogP contribution in [0.5, 0.6) is 0 Å². The van der Waals surface area contributed by atoms with Crippen LogP contribution in [0.25, 0.3) is 0 Å². The Morgan fingerprint density at radius 2 is 1.81 bits per heavy atom. The molecule has 2 fully saturated rings. The van der Waals surface area contributed by atoms with Gasteiger partial charge >= 0.3 is 0 Å². The summed E-state index contributed by atoms with van der Waals surface area (Å²) in [6.45, 7) is 0. The molecule has 0 N–H and O–H groups in total. The third-order valence-corrected chi connectivity index (χ3v) is 4.54. The second kappa shape index (κ2) is 3.89. The van der Waals surface area contributed by atoms with E-state index in [9.17, 15) is 4.79 Å². The standard InChI is InChI=1S/C14H15ClO/c15-13(9-5-2-1-3-6-9)14(16)12-10-7-4-8-11(10)12/h1-3,5-6,10-13H,4,7-8H2. The zero-order valence-corrected chi connectivity index (χ0v) is 9.86. The summed E-state index contributed by atoms with van der Waals surface area (Å²) < 4.78 is 0. The van der Waals surface area contributed by atoms with E-state index in [1.165, 1.54) is 19.3 Å². The quantitative estimate of drug-likeness (QED) is 0.731. The van der Waals surface area contributed by atoms with Gasteiger partial charge in [-0.15, -0.1) is 11.6 Å². The number of ketones is 1. The van der Waals surface area contributed by atoms with Crippen molar-refractivity contribution >= 4 is 17.4 Å². The van der Waals surface area contributed by atoms with Crippen molar-refractivity contribution < 1.29 is 4.79 Å². The average molecular weight is 235 g/mol. The second-order valence-electron chi connectivity index (χ2n) is 4.96. The Labute approximate surface area is 101 Å². The zero-order valence-electron chi connectivity index (χ0n) is 9.10. The third kappa shape index (κ3) is 1.58. The number of benzene rings is 1. The Hall–Kier alpha value is -0.820. The SMILES string of the molecule is O=C(C(Cl)c1ccccc1)C1C2CCCC21. The van der Waals surface area contributed by atoms with Gasteiger partial charge in [-0.05, 0) is 30.2 Å². The minimum atomic E-state index is -0.434. The summed E-state index contributed by atoms with van der Waals surface area (Å²) >= 11 is 6.25. The number of carbonyl (C=O) groups excluding carboxylic acids is 1. The first-order valence-corrected chi connectivity index (χ1v) is 6.45. The van der Waals surface area contributed by atoms with E-state index in [2.05, 4.69) is 0 Å². The van der Waals surface area contributed by atoms with Gasteiger partial charge in [0.15, 0.2) is 5.78 Å². The van der Waals surface area contributed by atoms with Crippen LogP contribution in [0.2, 0.25) is 0 Å². The van der Waals surface area contributed by atoms with Crippen LogP contribution in [0, 0.1) is 17.8 Å². The van der Waals surface area contributed by atoms with E-state index >= 15 is 0 Å².